The van der Waals surface area contributed by atoms with Crippen molar-refractivity contribution in [2.75, 3.05) is 38.0 Å². The lowest BCUT2D eigenvalue weighted by Gasteiger charge is -2.27. The van der Waals surface area contributed by atoms with Crippen molar-refractivity contribution in [1.82, 2.24) is 14.8 Å². The number of pyridine rings is 1. The van der Waals surface area contributed by atoms with Gasteiger partial charge in [0.05, 0.1) is 12.0 Å². The number of anilines is 1. The second-order valence-corrected chi connectivity index (χ2v) is 11.2. The van der Waals surface area contributed by atoms with Gasteiger partial charge in [0.25, 0.3) is 0 Å². The number of para-hydroxylation sites is 1. The number of hydrogen-bond donors (Lipinski definition) is 2. The fourth-order valence-corrected chi connectivity index (χ4v) is 6.16. The lowest BCUT2D eigenvalue weighted by Crippen LogP contribution is -2.38. The molecule has 1 aromatic carbocycles. The van der Waals surface area contributed by atoms with Crippen LogP contribution in [0.15, 0.2) is 36.4 Å². The maximum absolute atomic E-state index is 13.4. The highest BCUT2D eigenvalue weighted by Gasteiger charge is 2.40. The van der Waals surface area contributed by atoms with E-state index < -0.39 is 12.0 Å². The number of carbonyl (C=O) groups is 2. The highest BCUT2D eigenvalue weighted by molar-refractivity contribution is 5.80. The molecule has 1 amide bonds. The summed E-state index contributed by atoms with van der Waals surface area (Å²) in [6.45, 7) is 7.46. The number of rotatable bonds is 9. The summed E-state index contributed by atoms with van der Waals surface area (Å²) >= 11 is 0. The largest absolute Gasteiger partial charge is 0.491 e. The Morgan fingerprint density at radius 2 is 1.97 bits per heavy atom. The van der Waals surface area contributed by atoms with Crippen LogP contribution in [0.3, 0.4) is 0 Å². The molecule has 8 nitrogen and oxygen atoms in total. The first kappa shape index (κ1) is 26.5. The van der Waals surface area contributed by atoms with Crippen LogP contribution in [0.2, 0.25) is 0 Å². The third-order valence-electron chi connectivity index (χ3n) is 8.10. The minimum Gasteiger partial charge on any atom is -0.491 e. The van der Waals surface area contributed by atoms with Crippen molar-refractivity contribution < 1.29 is 19.4 Å². The Bertz CT molecular complexity index is 1150. The highest BCUT2D eigenvalue weighted by atomic mass is 16.5. The molecule has 0 spiro atoms. The molecule has 0 radical (unpaired) electrons. The molecule has 8 heteroatoms. The number of aryl methyl sites for hydroxylation is 2. The molecule has 3 atom stereocenters. The monoisotopic (exact) mass is 520 g/mol. The van der Waals surface area contributed by atoms with E-state index in [2.05, 4.69) is 17.4 Å². The minimum atomic E-state index is -0.912. The zero-order chi connectivity index (χ0) is 26.6. The first-order valence-electron chi connectivity index (χ1n) is 14.1. The van der Waals surface area contributed by atoms with Crippen molar-refractivity contribution in [3.8, 4) is 5.75 Å². The SMILES string of the molecule is CC(C)Oc1ccccc1C(C(=O)O)N1CC[C@@H](C(=O)N2CC[C@@H](CCc3ccc4c(n3)NCCC4)C2)C1. The zero-order valence-corrected chi connectivity index (χ0v) is 22.6. The highest BCUT2D eigenvalue weighted by Crippen LogP contribution is 2.35. The van der Waals surface area contributed by atoms with Crippen molar-refractivity contribution in [2.45, 2.75) is 64.5 Å². The quantitative estimate of drug-likeness (QED) is 0.513. The third kappa shape index (κ3) is 5.96. The van der Waals surface area contributed by atoms with Gasteiger partial charge in [-0.15, -0.1) is 0 Å². The molecule has 0 saturated carbocycles. The van der Waals surface area contributed by atoms with Gasteiger partial charge in [-0.25, -0.2) is 4.98 Å². The van der Waals surface area contributed by atoms with Crippen molar-refractivity contribution in [3.05, 3.63) is 53.2 Å². The van der Waals surface area contributed by atoms with Gasteiger partial charge in [-0.2, -0.15) is 0 Å². The van der Waals surface area contributed by atoms with Crippen LogP contribution in [-0.2, 0) is 22.4 Å². The number of nitrogens with one attached hydrogen (secondary N) is 1. The van der Waals surface area contributed by atoms with Crippen LogP contribution in [0.5, 0.6) is 5.75 Å². The Hall–Kier alpha value is -3.13. The molecule has 204 valence electrons. The molecule has 2 saturated heterocycles. The molecule has 5 rings (SSSR count). The topological polar surface area (TPSA) is 95.0 Å². The molecule has 38 heavy (non-hydrogen) atoms. The number of fused-ring (bicyclic) bond motifs is 1. The van der Waals surface area contributed by atoms with Crippen LogP contribution >= 0.6 is 0 Å². The first-order chi connectivity index (χ1) is 18.4. The fourth-order valence-electron chi connectivity index (χ4n) is 6.16. The van der Waals surface area contributed by atoms with E-state index in [-0.39, 0.29) is 17.9 Å². The van der Waals surface area contributed by atoms with Crippen LogP contribution in [-0.4, -0.2) is 70.6 Å². The van der Waals surface area contributed by atoms with E-state index in [1.807, 2.05) is 47.9 Å². The molecule has 4 heterocycles. The second-order valence-electron chi connectivity index (χ2n) is 11.2. The van der Waals surface area contributed by atoms with Gasteiger partial charge >= 0.3 is 5.97 Å². The molecule has 2 N–H and O–H groups in total. The standard InChI is InChI=1S/C30H40N4O4/c1-20(2)38-26-8-4-3-7-25(26)27(30(36)37)33-17-14-23(19-33)29(35)34-16-13-21(18-34)9-11-24-12-10-22-6-5-15-31-28(22)32-24/h3-4,7-8,10,12,20-21,23,27H,5-6,9,11,13-19H2,1-2H3,(H,31,32)(H,36,37)/t21-,23-,27?/m1/s1. The summed E-state index contributed by atoms with van der Waals surface area (Å²) in [5.41, 5.74) is 3.08. The van der Waals surface area contributed by atoms with E-state index in [0.29, 0.717) is 36.7 Å². The molecule has 0 aliphatic carbocycles. The van der Waals surface area contributed by atoms with Gasteiger partial charge in [0.15, 0.2) is 0 Å². The van der Waals surface area contributed by atoms with Crippen LogP contribution < -0.4 is 10.1 Å². The number of likely N-dealkylation sites (tertiary alicyclic amines) is 2. The van der Waals surface area contributed by atoms with E-state index in [1.165, 1.54) is 5.56 Å². The van der Waals surface area contributed by atoms with Crippen LogP contribution in [0.4, 0.5) is 5.82 Å². The summed E-state index contributed by atoms with van der Waals surface area (Å²) in [5, 5.41) is 13.5. The summed E-state index contributed by atoms with van der Waals surface area (Å²) in [4.78, 5) is 34.5. The Morgan fingerprint density at radius 1 is 1.13 bits per heavy atom. The summed E-state index contributed by atoms with van der Waals surface area (Å²) in [5.74, 6) is 1.21. The average Bonchev–Trinajstić information content (AvgIpc) is 3.58. The van der Waals surface area contributed by atoms with E-state index in [9.17, 15) is 14.7 Å². The lowest BCUT2D eigenvalue weighted by molar-refractivity contribution is -0.144. The Labute approximate surface area is 225 Å². The Balaban J connectivity index is 1.16. The van der Waals surface area contributed by atoms with Gasteiger partial charge in [-0.05, 0) is 76.0 Å². The molecule has 2 fully saturated rings. The van der Waals surface area contributed by atoms with E-state index in [4.69, 9.17) is 9.72 Å². The number of hydrogen-bond acceptors (Lipinski definition) is 6. The summed E-state index contributed by atoms with van der Waals surface area (Å²) in [6.07, 6.45) is 5.86. The number of carboxylic acid groups (broad SMARTS) is 1. The maximum Gasteiger partial charge on any atom is 0.325 e. The first-order valence-corrected chi connectivity index (χ1v) is 14.1. The normalized spacial score (nSPS) is 22.2. The van der Waals surface area contributed by atoms with Gasteiger partial charge in [-0.3, -0.25) is 14.5 Å². The van der Waals surface area contributed by atoms with E-state index in [1.54, 1.807) is 0 Å². The summed E-state index contributed by atoms with van der Waals surface area (Å²) in [6, 6.07) is 10.9. The van der Waals surface area contributed by atoms with Crippen LogP contribution in [0.1, 0.15) is 62.4 Å². The lowest BCUT2D eigenvalue weighted by atomic mass is 10.00. The molecule has 1 aromatic heterocycles. The number of aliphatic carboxylic acids is 1. The van der Waals surface area contributed by atoms with Crippen LogP contribution in [0.25, 0.3) is 0 Å². The minimum absolute atomic E-state index is 0.0543. The van der Waals surface area contributed by atoms with Gasteiger partial charge in [0, 0.05) is 44.0 Å². The second kappa shape index (κ2) is 11.7. The summed E-state index contributed by atoms with van der Waals surface area (Å²) < 4.78 is 5.91. The molecule has 0 bridgehead atoms. The molecule has 2 aromatic rings. The van der Waals surface area contributed by atoms with Gasteiger partial charge in [0.1, 0.15) is 17.6 Å². The number of aromatic nitrogens is 1. The predicted octanol–water partition coefficient (Wildman–Crippen LogP) is 4.16. The molecule has 1 unspecified atom stereocenters. The Kier molecular flexibility index (Phi) is 8.17. The number of benzene rings is 1. The zero-order valence-electron chi connectivity index (χ0n) is 22.6. The number of carboxylic acids is 1. The van der Waals surface area contributed by atoms with Crippen molar-refractivity contribution in [3.63, 3.8) is 0 Å². The van der Waals surface area contributed by atoms with E-state index >= 15 is 0 Å². The average molecular weight is 521 g/mol. The molecule has 3 aliphatic heterocycles. The van der Waals surface area contributed by atoms with E-state index in [0.717, 1.165) is 63.3 Å². The smallest absolute Gasteiger partial charge is 0.325 e. The molecular weight excluding hydrogens is 480 g/mol. The molecule has 3 aliphatic rings. The number of nitrogens with zero attached hydrogens (tertiary/aromatic N) is 3. The van der Waals surface area contributed by atoms with Crippen molar-refractivity contribution in [2.24, 2.45) is 11.8 Å². The van der Waals surface area contributed by atoms with Crippen molar-refractivity contribution in [1.29, 1.82) is 0 Å². The number of amides is 1. The predicted molar refractivity (Wildman–Crippen MR) is 146 cm³/mol. The maximum atomic E-state index is 13.4. The Morgan fingerprint density at radius 3 is 2.79 bits per heavy atom. The number of carbonyl (C=O) groups excluding carboxylic acids is 1. The van der Waals surface area contributed by atoms with Gasteiger partial charge in [0.2, 0.25) is 5.91 Å². The van der Waals surface area contributed by atoms with Crippen LogP contribution in [0, 0.1) is 11.8 Å². The van der Waals surface area contributed by atoms with Gasteiger partial charge in [-0.1, -0.05) is 24.3 Å². The summed E-state index contributed by atoms with van der Waals surface area (Å²) in [7, 11) is 0. The number of ether oxygens (including phenoxy) is 1. The van der Waals surface area contributed by atoms with Crippen molar-refractivity contribution >= 4 is 17.7 Å². The third-order valence-corrected chi connectivity index (χ3v) is 8.10. The van der Waals surface area contributed by atoms with Gasteiger partial charge < -0.3 is 20.1 Å². The molecular formula is C30H40N4O4. The fraction of sp³-hybridized carbons (Fsp3) is 0.567.